The first-order valence-electron chi connectivity index (χ1n) is 9.47. The summed E-state index contributed by atoms with van der Waals surface area (Å²) in [7, 11) is 0. The van der Waals surface area contributed by atoms with Gasteiger partial charge >= 0.3 is 0 Å². The molecule has 0 radical (unpaired) electrons. The highest BCUT2D eigenvalue weighted by molar-refractivity contribution is 7.98. The lowest BCUT2D eigenvalue weighted by Gasteiger charge is -2.16. The van der Waals surface area contributed by atoms with Crippen LogP contribution in [0.3, 0.4) is 0 Å². The molecule has 1 atom stereocenters. The minimum absolute atomic E-state index is 0.0691. The molecule has 0 saturated heterocycles. The second kappa shape index (κ2) is 8.23. The van der Waals surface area contributed by atoms with Gasteiger partial charge in [0, 0.05) is 17.0 Å². The van der Waals surface area contributed by atoms with E-state index in [1.54, 1.807) is 15.5 Å². The maximum absolute atomic E-state index is 12.7. The zero-order valence-corrected chi connectivity index (χ0v) is 18.0. The van der Waals surface area contributed by atoms with Crippen molar-refractivity contribution in [3.63, 3.8) is 0 Å². The number of aryl methyl sites for hydroxylation is 2. The van der Waals surface area contributed by atoms with Crippen LogP contribution in [0, 0.1) is 13.8 Å². The molecule has 0 aliphatic rings. The number of carbonyl (C=O) groups excluding carboxylic acids is 1. The summed E-state index contributed by atoms with van der Waals surface area (Å²) in [5.41, 5.74) is 4.46. The van der Waals surface area contributed by atoms with Crippen LogP contribution in [0.4, 0.5) is 0 Å². The van der Waals surface area contributed by atoms with E-state index in [2.05, 4.69) is 30.5 Å². The van der Waals surface area contributed by atoms with Crippen molar-refractivity contribution < 1.29 is 4.79 Å². The summed E-state index contributed by atoms with van der Waals surface area (Å²) in [6.07, 6.45) is 5.29. The highest BCUT2D eigenvalue weighted by atomic mass is 32.2. The minimum Gasteiger partial charge on any atom is -0.349 e. The van der Waals surface area contributed by atoms with Crippen molar-refractivity contribution in [2.24, 2.45) is 0 Å². The molecule has 0 aliphatic heterocycles. The Morgan fingerprint density at radius 2 is 1.97 bits per heavy atom. The summed E-state index contributed by atoms with van der Waals surface area (Å²) in [5, 5.41) is 12.3. The topological polar surface area (TPSA) is 103 Å². The lowest BCUT2D eigenvalue weighted by Crippen LogP contribution is -2.29. The number of benzene rings is 1. The van der Waals surface area contributed by atoms with Crippen LogP contribution in [0.2, 0.25) is 0 Å². The molecule has 1 amide bonds. The van der Waals surface area contributed by atoms with Crippen LogP contribution in [0.5, 0.6) is 0 Å². The fourth-order valence-electron chi connectivity index (χ4n) is 3.33. The van der Waals surface area contributed by atoms with E-state index in [1.807, 2.05) is 51.3 Å². The molecule has 0 saturated carbocycles. The monoisotopic (exact) mass is 422 g/mol. The third-order valence-electron chi connectivity index (χ3n) is 5.00. The van der Waals surface area contributed by atoms with Crippen molar-refractivity contribution in [2.45, 2.75) is 38.4 Å². The van der Waals surface area contributed by atoms with Gasteiger partial charge in [-0.2, -0.15) is 10.1 Å². The molecule has 9 nitrogen and oxygen atoms in total. The van der Waals surface area contributed by atoms with Gasteiger partial charge in [-0.3, -0.25) is 4.79 Å². The highest BCUT2D eigenvalue weighted by Gasteiger charge is 2.17. The van der Waals surface area contributed by atoms with Crippen LogP contribution in [0.25, 0.3) is 11.5 Å². The van der Waals surface area contributed by atoms with Gasteiger partial charge in [0.25, 0.3) is 5.78 Å². The van der Waals surface area contributed by atoms with Gasteiger partial charge in [0.05, 0.1) is 18.2 Å². The molecule has 1 unspecified atom stereocenters. The number of fused-ring (bicyclic) bond motifs is 1. The molecule has 4 aromatic rings. The Morgan fingerprint density at radius 3 is 2.63 bits per heavy atom. The van der Waals surface area contributed by atoms with Crippen molar-refractivity contribution >= 4 is 23.4 Å². The Hall–Kier alpha value is -3.27. The first-order chi connectivity index (χ1) is 14.5. The molecule has 3 aromatic heterocycles. The second-order valence-corrected chi connectivity index (χ2v) is 7.74. The molecule has 0 fully saturated rings. The molecule has 3 heterocycles. The summed E-state index contributed by atoms with van der Waals surface area (Å²) in [5.74, 6) is 0.486. The predicted octanol–water partition coefficient (Wildman–Crippen LogP) is 2.46. The van der Waals surface area contributed by atoms with E-state index in [1.165, 1.54) is 18.1 Å². The normalized spacial score (nSPS) is 12.3. The SMILES string of the molecule is CSc1nc2nc(C)c(CC(=O)NC(C)c3ccc(-n4cncn4)cc3)c(C)n2n1. The lowest BCUT2D eigenvalue weighted by atomic mass is 10.1. The lowest BCUT2D eigenvalue weighted by molar-refractivity contribution is -0.121. The molecule has 1 aromatic carbocycles. The van der Waals surface area contributed by atoms with Crippen molar-refractivity contribution in [3.8, 4) is 5.69 Å². The van der Waals surface area contributed by atoms with Gasteiger partial charge in [-0.25, -0.2) is 19.2 Å². The van der Waals surface area contributed by atoms with Gasteiger partial charge in [0.15, 0.2) is 0 Å². The number of aromatic nitrogens is 7. The largest absolute Gasteiger partial charge is 0.349 e. The summed E-state index contributed by atoms with van der Waals surface area (Å²) in [4.78, 5) is 25.6. The molecule has 10 heteroatoms. The molecule has 30 heavy (non-hydrogen) atoms. The van der Waals surface area contributed by atoms with Crippen LogP contribution in [0.1, 0.15) is 35.5 Å². The van der Waals surface area contributed by atoms with E-state index in [4.69, 9.17) is 0 Å². The van der Waals surface area contributed by atoms with Gasteiger partial charge in [-0.15, -0.1) is 5.10 Å². The van der Waals surface area contributed by atoms with E-state index in [-0.39, 0.29) is 18.4 Å². The van der Waals surface area contributed by atoms with E-state index in [9.17, 15) is 4.79 Å². The molecule has 1 N–H and O–H groups in total. The molecule has 0 bridgehead atoms. The van der Waals surface area contributed by atoms with E-state index < -0.39 is 0 Å². The molecular formula is C20H22N8OS. The van der Waals surface area contributed by atoms with Crippen LogP contribution in [-0.4, -0.2) is 46.5 Å². The highest BCUT2D eigenvalue weighted by Crippen LogP contribution is 2.19. The third-order valence-corrected chi connectivity index (χ3v) is 5.54. The smallest absolute Gasteiger partial charge is 0.253 e. The van der Waals surface area contributed by atoms with Crippen LogP contribution in [-0.2, 0) is 11.2 Å². The van der Waals surface area contributed by atoms with Crippen molar-refractivity contribution in [1.82, 2.24) is 39.7 Å². The number of nitrogens with zero attached hydrogens (tertiary/aromatic N) is 7. The van der Waals surface area contributed by atoms with Crippen molar-refractivity contribution in [3.05, 3.63) is 59.4 Å². The third kappa shape index (κ3) is 3.90. The summed E-state index contributed by atoms with van der Waals surface area (Å²) in [6, 6.07) is 7.73. The molecule has 0 spiro atoms. The van der Waals surface area contributed by atoms with Gasteiger partial charge < -0.3 is 5.32 Å². The average molecular weight is 423 g/mol. The Labute approximate surface area is 178 Å². The first kappa shape index (κ1) is 20.0. The maximum atomic E-state index is 12.7. The van der Waals surface area contributed by atoms with Gasteiger partial charge in [0.2, 0.25) is 11.1 Å². The number of rotatable bonds is 6. The number of amides is 1. The van der Waals surface area contributed by atoms with Crippen LogP contribution >= 0.6 is 11.8 Å². The second-order valence-electron chi connectivity index (χ2n) is 6.97. The zero-order valence-electron chi connectivity index (χ0n) is 17.2. The van der Waals surface area contributed by atoms with Crippen molar-refractivity contribution in [1.29, 1.82) is 0 Å². The molecule has 154 valence electrons. The van der Waals surface area contributed by atoms with Crippen LogP contribution in [0.15, 0.2) is 42.1 Å². The Kier molecular flexibility index (Phi) is 5.49. The number of carbonyl (C=O) groups is 1. The maximum Gasteiger partial charge on any atom is 0.253 e. The minimum atomic E-state index is -0.130. The quantitative estimate of drug-likeness (QED) is 0.476. The first-order valence-corrected chi connectivity index (χ1v) is 10.7. The fraction of sp³-hybridized carbons (Fsp3) is 0.300. The fourth-order valence-corrected chi connectivity index (χ4v) is 3.66. The Balaban J connectivity index is 1.48. The molecule has 0 aliphatic carbocycles. The summed E-state index contributed by atoms with van der Waals surface area (Å²) >= 11 is 1.46. The van der Waals surface area contributed by atoms with E-state index >= 15 is 0 Å². The summed E-state index contributed by atoms with van der Waals surface area (Å²) in [6.45, 7) is 5.80. The molecular weight excluding hydrogens is 400 g/mol. The number of hydrogen-bond donors (Lipinski definition) is 1. The number of thioether (sulfide) groups is 1. The summed E-state index contributed by atoms with van der Waals surface area (Å²) < 4.78 is 3.39. The van der Waals surface area contributed by atoms with Gasteiger partial charge in [-0.1, -0.05) is 23.9 Å². The number of nitrogens with one attached hydrogen (secondary N) is 1. The Bertz CT molecular complexity index is 1180. The van der Waals surface area contributed by atoms with Crippen LogP contribution < -0.4 is 5.32 Å². The average Bonchev–Trinajstić information content (AvgIpc) is 3.41. The Morgan fingerprint density at radius 1 is 1.20 bits per heavy atom. The predicted molar refractivity (Wildman–Crippen MR) is 114 cm³/mol. The molecule has 4 rings (SSSR count). The zero-order chi connectivity index (χ0) is 21.3. The number of hydrogen-bond acceptors (Lipinski definition) is 7. The standard InChI is InChI=1S/C20H22N8OS/c1-12(15-5-7-16(8-6-15)27-11-21-10-22-27)23-18(29)9-17-13(2)24-19-25-20(30-4)26-28(19)14(17)3/h5-8,10-12H,9H2,1-4H3,(H,23,29). The van der Waals surface area contributed by atoms with E-state index in [0.29, 0.717) is 10.9 Å². The van der Waals surface area contributed by atoms with Gasteiger partial charge in [-0.05, 0) is 44.7 Å². The van der Waals surface area contributed by atoms with Crippen molar-refractivity contribution in [2.75, 3.05) is 6.26 Å². The van der Waals surface area contributed by atoms with E-state index in [0.717, 1.165) is 28.2 Å². The van der Waals surface area contributed by atoms with Gasteiger partial charge in [0.1, 0.15) is 12.7 Å².